The first-order valence-electron chi connectivity index (χ1n) is 12.3. The van der Waals surface area contributed by atoms with Gasteiger partial charge in [0.2, 0.25) is 5.75 Å². The van der Waals surface area contributed by atoms with Gasteiger partial charge in [0.15, 0.2) is 23.0 Å². The number of alkyl halides is 3. The van der Waals surface area contributed by atoms with Gasteiger partial charge in [-0.05, 0) is 60.0 Å². The molecule has 0 fully saturated rings. The summed E-state index contributed by atoms with van der Waals surface area (Å²) in [5.41, 5.74) is 1.09. The predicted molar refractivity (Wildman–Crippen MR) is 140 cm³/mol. The van der Waals surface area contributed by atoms with Gasteiger partial charge in [0.1, 0.15) is 12.4 Å². The molecule has 3 aromatic rings. The Balaban J connectivity index is 1.75. The predicted octanol–water partition coefficient (Wildman–Crippen LogP) is 5.57. The van der Waals surface area contributed by atoms with E-state index in [1.54, 1.807) is 23.1 Å². The maximum atomic E-state index is 13.9. The van der Waals surface area contributed by atoms with Gasteiger partial charge >= 0.3 is 6.18 Å². The van der Waals surface area contributed by atoms with Gasteiger partial charge in [-0.2, -0.15) is 13.2 Å². The van der Waals surface area contributed by atoms with E-state index in [0.717, 1.165) is 23.3 Å². The molecule has 0 aromatic heterocycles. The van der Waals surface area contributed by atoms with Crippen molar-refractivity contribution < 1.29 is 46.4 Å². The van der Waals surface area contributed by atoms with Crippen molar-refractivity contribution in [3.05, 3.63) is 70.8 Å². The molecule has 0 bridgehead atoms. The minimum Gasteiger partial charge on any atom is -0.493 e. The van der Waals surface area contributed by atoms with Crippen molar-refractivity contribution in [1.82, 2.24) is 4.90 Å². The van der Waals surface area contributed by atoms with Crippen molar-refractivity contribution in [2.24, 2.45) is 0 Å². The van der Waals surface area contributed by atoms with Crippen LogP contribution in [0.5, 0.6) is 34.5 Å². The Morgan fingerprint density at radius 2 is 1.48 bits per heavy atom. The van der Waals surface area contributed by atoms with Crippen molar-refractivity contribution in [1.29, 1.82) is 0 Å². The average molecular weight is 562 g/mol. The molecule has 214 valence electrons. The SMILES string of the molecule is COc1cc2c(cc1OC)[C@H](COc1cccc(C(F)(F)F)c1)N(C(=O)c1cc(OC)c(OC)c(OC)c1)CC2. The highest BCUT2D eigenvalue weighted by Crippen LogP contribution is 2.42. The zero-order valence-corrected chi connectivity index (χ0v) is 22.8. The third-order valence-corrected chi connectivity index (χ3v) is 6.74. The molecule has 0 saturated heterocycles. The van der Waals surface area contributed by atoms with Gasteiger partial charge in [0.25, 0.3) is 5.91 Å². The molecule has 11 heteroatoms. The fourth-order valence-electron chi connectivity index (χ4n) is 4.76. The first kappa shape index (κ1) is 28.7. The lowest BCUT2D eigenvalue weighted by Gasteiger charge is -2.38. The zero-order chi connectivity index (χ0) is 29.0. The van der Waals surface area contributed by atoms with Crippen molar-refractivity contribution in [2.75, 3.05) is 48.7 Å². The van der Waals surface area contributed by atoms with Crippen LogP contribution in [-0.2, 0) is 12.6 Å². The largest absolute Gasteiger partial charge is 0.493 e. The lowest BCUT2D eigenvalue weighted by Crippen LogP contribution is -2.42. The summed E-state index contributed by atoms with van der Waals surface area (Å²) in [7, 11) is 7.40. The van der Waals surface area contributed by atoms with E-state index in [9.17, 15) is 18.0 Å². The minimum absolute atomic E-state index is 0.0302. The second-order valence-corrected chi connectivity index (χ2v) is 8.92. The molecule has 4 rings (SSSR count). The fraction of sp³-hybridized carbons (Fsp3) is 0.345. The summed E-state index contributed by atoms with van der Waals surface area (Å²) in [5, 5.41) is 0. The van der Waals surface area contributed by atoms with Gasteiger partial charge in [-0.15, -0.1) is 0 Å². The second-order valence-electron chi connectivity index (χ2n) is 8.92. The molecule has 0 unspecified atom stereocenters. The number of ether oxygens (including phenoxy) is 6. The van der Waals surface area contributed by atoms with Crippen LogP contribution in [0.25, 0.3) is 0 Å². The van der Waals surface area contributed by atoms with Crippen LogP contribution < -0.4 is 28.4 Å². The quantitative estimate of drug-likeness (QED) is 0.338. The van der Waals surface area contributed by atoms with Crippen LogP contribution >= 0.6 is 0 Å². The summed E-state index contributed by atoms with van der Waals surface area (Å²) in [6.07, 6.45) is -4.01. The van der Waals surface area contributed by atoms with Crippen LogP contribution in [0.2, 0.25) is 0 Å². The van der Waals surface area contributed by atoms with Crippen LogP contribution in [0.4, 0.5) is 13.2 Å². The topological polar surface area (TPSA) is 75.7 Å². The highest BCUT2D eigenvalue weighted by molar-refractivity contribution is 5.96. The Morgan fingerprint density at radius 3 is 2.05 bits per heavy atom. The molecule has 0 aliphatic carbocycles. The molecule has 8 nitrogen and oxygen atoms in total. The molecule has 0 N–H and O–H groups in total. The number of carbonyl (C=O) groups is 1. The van der Waals surface area contributed by atoms with Crippen molar-refractivity contribution in [2.45, 2.75) is 18.6 Å². The molecular weight excluding hydrogens is 531 g/mol. The van der Waals surface area contributed by atoms with Gasteiger partial charge in [0, 0.05) is 12.1 Å². The van der Waals surface area contributed by atoms with Gasteiger partial charge in [-0.25, -0.2) is 0 Å². The van der Waals surface area contributed by atoms with E-state index in [1.165, 1.54) is 47.7 Å². The summed E-state index contributed by atoms with van der Waals surface area (Å²) in [6, 6.07) is 10.7. The molecule has 0 saturated carbocycles. The smallest absolute Gasteiger partial charge is 0.416 e. The van der Waals surface area contributed by atoms with Gasteiger partial charge in [0.05, 0.1) is 47.2 Å². The molecule has 1 aliphatic heterocycles. The van der Waals surface area contributed by atoms with E-state index in [1.807, 2.05) is 6.07 Å². The summed E-state index contributed by atoms with van der Waals surface area (Å²) in [6.45, 7) is 0.203. The molecule has 1 amide bonds. The zero-order valence-electron chi connectivity index (χ0n) is 22.8. The molecule has 1 aliphatic rings. The van der Waals surface area contributed by atoms with Crippen LogP contribution in [0.3, 0.4) is 0 Å². The normalized spacial score (nSPS) is 14.7. The van der Waals surface area contributed by atoms with E-state index in [0.29, 0.717) is 41.7 Å². The third-order valence-electron chi connectivity index (χ3n) is 6.74. The summed E-state index contributed by atoms with van der Waals surface area (Å²) >= 11 is 0. The number of rotatable bonds is 9. The maximum Gasteiger partial charge on any atom is 0.416 e. The van der Waals surface area contributed by atoms with E-state index < -0.39 is 17.8 Å². The Hall–Kier alpha value is -4.28. The Kier molecular flexibility index (Phi) is 8.51. The number of methoxy groups -OCH3 is 5. The van der Waals surface area contributed by atoms with E-state index >= 15 is 0 Å². The van der Waals surface area contributed by atoms with Crippen molar-refractivity contribution >= 4 is 5.91 Å². The fourth-order valence-corrected chi connectivity index (χ4v) is 4.76. The van der Waals surface area contributed by atoms with E-state index in [-0.39, 0.29) is 23.8 Å². The maximum absolute atomic E-state index is 13.9. The van der Waals surface area contributed by atoms with Gasteiger partial charge < -0.3 is 33.3 Å². The number of hydrogen-bond acceptors (Lipinski definition) is 7. The summed E-state index contributed by atoms with van der Waals surface area (Å²) in [5.74, 6) is 1.62. The Morgan fingerprint density at radius 1 is 0.850 bits per heavy atom. The summed E-state index contributed by atoms with van der Waals surface area (Å²) < 4.78 is 72.9. The molecule has 3 aromatic carbocycles. The number of amides is 1. The van der Waals surface area contributed by atoms with Crippen molar-refractivity contribution in [3.8, 4) is 34.5 Å². The highest BCUT2D eigenvalue weighted by Gasteiger charge is 2.35. The molecule has 0 radical (unpaired) electrons. The number of hydrogen-bond donors (Lipinski definition) is 0. The van der Waals surface area contributed by atoms with Gasteiger partial charge in [-0.3, -0.25) is 4.79 Å². The lowest BCUT2D eigenvalue weighted by molar-refractivity contribution is -0.137. The number of carbonyl (C=O) groups excluding carboxylic acids is 1. The van der Waals surface area contributed by atoms with Gasteiger partial charge in [-0.1, -0.05) is 6.07 Å². The third kappa shape index (κ3) is 5.68. The van der Waals surface area contributed by atoms with Crippen molar-refractivity contribution in [3.63, 3.8) is 0 Å². The van der Waals surface area contributed by atoms with E-state index in [2.05, 4.69) is 0 Å². The Labute approximate surface area is 230 Å². The van der Waals surface area contributed by atoms with Crippen LogP contribution in [0.1, 0.15) is 33.1 Å². The van der Waals surface area contributed by atoms with E-state index in [4.69, 9.17) is 28.4 Å². The lowest BCUT2D eigenvalue weighted by atomic mass is 9.91. The number of benzene rings is 3. The first-order valence-corrected chi connectivity index (χ1v) is 12.3. The molecule has 1 heterocycles. The monoisotopic (exact) mass is 561 g/mol. The average Bonchev–Trinajstić information content (AvgIpc) is 2.97. The standard InChI is InChI=1S/C29H30F3NO7/c1-35-23-11-17-9-10-33(28(34)18-12-25(37-3)27(39-5)26(13-18)38-4)22(21(17)15-24(23)36-2)16-40-20-8-6-7-19(14-20)29(30,31)32/h6-8,11-15,22H,9-10,16H2,1-5H3/t22-/m0/s1. The first-order chi connectivity index (χ1) is 19.1. The van der Waals surface area contributed by atoms with Crippen LogP contribution in [0, 0.1) is 0 Å². The number of fused-ring (bicyclic) bond motifs is 1. The molecule has 40 heavy (non-hydrogen) atoms. The molecule has 0 spiro atoms. The number of nitrogens with zero attached hydrogens (tertiary/aromatic N) is 1. The number of halogens is 3. The second kappa shape index (κ2) is 11.8. The molecular formula is C29H30F3NO7. The molecule has 1 atom stereocenters. The highest BCUT2D eigenvalue weighted by atomic mass is 19.4. The van der Waals surface area contributed by atoms with Crippen LogP contribution in [-0.4, -0.2) is 59.5 Å². The summed E-state index contributed by atoms with van der Waals surface area (Å²) in [4.78, 5) is 15.6. The van der Waals surface area contributed by atoms with Crippen LogP contribution in [0.15, 0.2) is 48.5 Å². The minimum atomic E-state index is -4.52. The Bertz CT molecular complexity index is 1350.